The second-order valence-corrected chi connectivity index (χ2v) is 10.2. The number of nitrogens with one attached hydrogen (secondary N) is 1. The lowest BCUT2D eigenvalue weighted by Gasteiger charge is -2.11. The Morgan fingerprint density at radius 2 is 1.07 bits per heavy atom. The van der Waals surface area contributed by atoms with E-state index < -0.39 is 0 Å². The van der Waals surface area contributed by atoms with E-state index in [4.69, 9.17) is 19.7 Å². The van der Waals surface area contributed by atoms with Gasteiger partial charge in [-0.3, -0.25) is 0 Å². The van der Waals surface area contributed by atoms with E-state index in [1.165, 1.54) is 5.39 Å². The van der Waals surface area contributed by atoms with Crippen LogP contribution in [0.5, 0.6) is 5.75 Å². The van der Waals surface area contributed by atoms with E-state index >= 15 is 0 Å². The summed E-state index contributed by atoms with van der Waals surface area (Å²) in [6.45, 7) is 0. The van der Waals surface area contributed by atoms with Crippen molar-refractivity contribution in [2.24, 2.45) is 0 Å². The van der Waals surface area contributed by atoms with E-state index in [0.29, 0.717) is 17.5 Å². The summed E-state index contributed by atoms with van der Waals surface area (Å²) in [4.78, 5) is 14.9. The van der Waals surface area contributed by atoms with E-state index in [2.05, 4.69) is 78.1 Å². The van der Waals surface area contributed by atoms with Crippen LogP contribution in [0.25, 0.3) is 55.7 Å². The Bertz CT molecular complexity index is 2060. The van der Waals surface area contributed by atoms with Crippen LogP contribution >= 0.6 is 0 Å². The third-order valence-electron chi connectivity index (χ3n) is 7.54. The topological polar surface area (TPSA) is 59.9 Å². The number of hydrogen-bond acceptors (Lipinski definition) is 5. The molecule has 0 saturated heterocycles. The van der Waals surface area contributed by atoms with Crippen molar-refractivity contribution in [3.8, 4) is 39.9 Å². The van der Waals surface area contributed by atoms with E-state index in [9.17, 15) is 0 Å². The Balaban J connectivity index is 1.27. The molecule has 1 aliphatic heterocycles. The van der Waals surface area contributed by atoms with Gasteiger partial charge >= 0.3 is 0 Å². The number of nitrogens with zero attached hydrogens (tertiary/aromatic N) is 3. The molecule has 7 aromatic rings. The van der Waals surface area contributed by atoms with Gasteiger partial charge in [-0.1, -0.05) is 115 Å². The average Bonchev–Trinajstić information content (AvgIpc) is 3.50. The van der Waals surface area contributed by atoms with Crippen molar-refractivity contribution in [3.05, 3.63) is 139 Å². The minimum Gasteiger partial charge on any atom is -0.464 e. The molecule has 6 aromatic carbocycles. The molecule has 1 atom stereocenters. The molecule has 0 aliphatic carbocycles. The van der Waals surface area contributed by atoms with Crippen LogP contribution in [0.1, 0.15) is 11.8 Å². The summed E-state index contributed by atoms with van der Waals surface area (Å²) in [5.41, 5.74) is 4.87. The van der Waals surface area contributed by atoms with Gasteiger partial charge in [0, 0.05) is 27.6 Å². The van der Waals surface area contributed by atoms with Crippen molar-refractivity contribution in [1.29, 1.82) is 0 Å². The van der Waals surface area contributed by atoms with Gasteiger partial charge < -0.3 is 10.1 Å². The Morgan fingerprint density at radius 1 is 0.488 bits per heavy atom. The number of fused-ring (bicyclic) bond motifs is 4. The highest BCUT2D eigenvalue weighted by Crippen LogP contribution is 2.43. The van der Waals surface area contributed by atoms with Crippen molar-refractivity contribution in [2.75, 3.05) is 5.32 Å². The van der Waals surface area contributed by atoms with Gasteiger partial charge in [-0.25, -0.2) is 15.0 Å². The SMILES string of the molecule is c1ccc(-c2nc(-c3ccc4ccccc4c3)nc(-c3ccc4ccc5c(c4c3)NC(c3ccccc3)O5)n2)cc1. The maximum Gasteiger partial charge on any atom is 0.196 e. The zero-order valence-corrected chi connectivity index (χ0v) is 22.0. The first kappa shape index (κ1) is 23.3. The molecular weight excluding hydrogens is 504 g/mol. The summed E-state index contributed by atoms with van der Waals surface area (Å²) in [7, 11) is 0. The van der Waals surface area contributed by atoms with Crippen LogP contribution in [-0.2, 0) is 0 Å². The lowest BCUT2D eigenvalue weighted by molar-refractivity contribution is 0.260. The number of rotatable bonds is 4. The maximum atomic E-state index is 6.28. The minimum absolute atomic E-state index is 0.234. The van der Waals surface area contributed by atoms with Crippen molar-refractivity contribution in [1.82, 2.24) is 15.0 Å². The molecule has 41 heavy (non-hydrogen) atoms. The fourth-order valence-corrected chi connectivity index (χ4v) is 5.43. The lowest BCUT2D eigenvalue weighted by Crippen LogP contribution is -2.09. The molecule has 0 fully saturated rings. The Labute approximate surface area is 237 Å². The van der Waals surface area contributed by atoms with Crippen LogP contribution in [-0.4, -0.2) is 15.0 Å². The van der Waals surface area contributed by atoms with Gasteiger partial charge in [0.1, 0.15) is 5.75 Å². The number of ether oxygens (including phenoxy) is 1. The Kier molecular flexibility index (Phi) is 5.45. The molecule has 2 heterocycles. The molecule has 1 aromatic heterocycles. The Hall–Kier alpha value is -5.55. The molecule has 0 radical (unpaired) electrons. The van der Waals surface area contributed by atoms with Crippen LogP contribution < -0.4 is 10.1 Å². The summed E-state index contributed by atoms with van der Waals surface area (Å²) in [5.74, 6) is 2.74. The zero-order chi connectivity index (χ0) is 27.2. The molecule has 5 nitrogen and oxygen atoms in total. The third kappa shape index (κ3) is 4.24. The van der Waals surface area contributed by atoms with Gasteiger partial charge in [-0.2, -0.15) is 0 Å². The molecule has 1 N–H and O–H groups in total. The van der Waals surface area contributed by atoms with Crippen LogP contribution in [0.4, 0.5) is 5.69 Å². The number of hydrogen-bond donors (Lipinski definition) is 1. The van der Waals surface area contributed by atoms with E-state index in [0.717, 1.165) is 49.8 Å². The van der Waals surface area contributed by atoms with Crippen LogP contribution in [0.15, 0.2) is 133 Å². The molecular formula is C36H24N4O. The third-order valence-corrected chi connectivity index (χ3v) is 7.54. The van der Waals surface area contributed by atoms with Crippen LogP contribution in [0.2, 0.25) is 0 Å². The van der Waals surface area contributed by atoms with Crippen LogP contribution in [0, 0.1) is 0 Å². The Morgan fingerprint density at radius 3 is 1.83 bits per heavy atom. The fourth-order valence-electron chi connectivity index (χ4n) is 5.43. The first-order valence-electron chi connectivity index (χ1n) is 13.6. The summed E-state index contributed by atoms with van der Waals surface area (Å²) < 4.78 is 6.28. The van der Waals surface area contributed by atoms with Gasteiger partial charge in [0.05, 0.1) is 5.69 Å². The molecule has 0 spiro atoms. The number of benzene rings is 6. The van der Waals surface area contributed by atoms with Crippen molar-refractivity contribution < 1.29 is 4.74 Å². The van der Waals surface area contributed by atoms with E-state index in [1.54, 1.807) is 0 Å². The smallest absolute Gasteiger partial charge is 0.196 e. The quantitative estimate of drug-likeness (QED) is 0.248. The van der Waals surface area contributed by atoms with E-state index in [-0.39, 0.29) is 6.23 Å². The van der Waals surface area contributed by atoms with Gasteiger partial charge in [-0.15, -0.1) is 0 Å². The average molecular weight is 529 g/mol. The summed E-state index contributed by atoms with van der Waals surface area (Å²) in [5, 5.41) is 8.09. The highest BCUT2D eigenvalue weighted by molar-refractivity contribution is 6.00. The fraction of sp³-hybridized carbons (Fsp3) is 0.0278. The van der Waals surface area contributed by atoms with E-state index in [1.807, 2.05) is 60.7 Å². The van der Waals surface area contributed by atoms with Gasteiger partial charge in [0.2, 0.25) is 0 Å². The molecule has 5 heteroatoms. The van der Waals surface area contributed by atoms with Crippen molar-refractivity contribution in [3.63, 3.8) is 0 Å². The van der Waals surface area contributed by atoms with Gasteiger partial charge in [0.25, 0.3) is 0 Å². The number of aromatic nitrogens is 3. The van der Waals surface area contributed by atoms with Gasteiger partial charge in [-0.05, 0) is 34.4 Å². The normalized spacial score (nSPS) is 14.0. The predicted octanol–water partition coefficient (Wildman–Crippen LogP) is 8.68. The summed E-state index contributed by atoms with van der Waals surface area (Å²) in [6.07, 6.45) is -0.234. The summed E-state index contributed by atoms with van der Waals surface area (Å²) in [6, 6.07) is 45.4. The maximum absolute atomic E-state index is 6.28. The largest absolute Gasteiger partial charge is 0.464 e. The lowest BCUT2D eigenvalue weighted by atomic mass is 10.0. The number of anilines is 1. The molecule has 0 bridgehead atoms. The second kappa shape index (κ2) is 9.57. The molecule has 1 unspecified atom stereocenters. The summed E-state index contributed by atoms with van der Waals surface area (Å²) >= 11 is 0. The molecule has 8 rings (SSSR count). The first-order valence-corrected chi connectivity index (χ1v) is 13.6. The highest BCUT2D eigenvalue weighted by Gasteiger charge is 2.25. The first-order chi connectivity index (χ1) is 20.3. The molecule has 0 amide bonds. The highest BCUT2D eigenvalue weighted by atomic mass is 16.5. The van der Waals surface area contributed by atoms with Gasteiger partial charge in [0.15, 0.2) is 23.7 Å². The monoisotopic (exact) mass is 528 g/mol. The second-order valence-electron chi connectivity index (χ2n) is 10.2. The standard InChI is InChI=1S/C36H24N4O/c1-3-10-25(11-4-1)33-38-34(28-17-15-23-9-7-8-14-27(23)21-28)40-35(39-33)29-18-16-24-19-20-31-32(30(24)22-29)37-36(41-31)26-12-5-2-6-13-26/h1-22,36-37H. The molecule has 1 aliphatic rings. The molecule has 0 saturated carbocycles. The van der Waals surface area contributed by atoms with Crippen molar-refractivity contribution >= 4 is 27.2 Å². The molecule has 194 valence electrons. The zero-order valence-electron chi connectivity index (χ0n) is 22.0. The minimum atomic E-state index is -0.234. The van der Waals surface area contributed by atoms with Crippen molar-refractivity contribution in [2.45, 2.75) is 6.23 Å². The predicted molar refractivity (Wildman–Crippen MR) is 165 cm³/mol. The van der Waals surface area contributed by atoms with Crippen LogP contribution in [0.3, 0.4) is 0 Å².